The van der Waals surface area contributed by atoms with E-state index in [4.69, 9.17) is 0 Å². The lowest BCUT2D eigenvalue weighted by Gasteiger charge is -2.23. The molecule has 0 atom stereocenters. The first kappa shape index (κ1) is 21.0. The van der Waals surface area contributed by atoms with Crippen LogP contribution < -0.4 is 0 Å². The first-order chi connectivity index (χ1) is 13.4. The van der Waals surface area contributed by atoms with Gasteiger partial charge in [-0.2, -0.15) is 0 Å². The summed E-state index contributed by atoms with van der Waals surface area (Å²) < 4.78 is 28.4. The molecule has 1 saturated carbocycles. The number of nitrogens with one attached hydrogen (secondary N) is 1. The van der Waals surface area contributed by atoms with Gasteiger partial charge in [0, 0.05) is 25.0 Å². The highest BCUT2D eigenvalue weighted by atomic mass is 32.2. The van der Waals surface area contributed by atoms with Gasteiger partial charge in [-0.1, -0.05) is 32.6 Å². The molecular weight excluding hydrogens is 374 g/mol. The molecule has 0 saturated heterocycles. The minimum atomic E-state index is -3.38. The van der Waals surface area contributed by atoms with E-state index in [1.165, 1.54) is 0 Å². The van der Waals surface area contributed by atoms with E-state index in [2.05, 4.69) is 26.8 Å². The SMILES string of the molecule is CCCCn1c(CN(C)Cc2ncc(C)[nH]2)cnc1S(=O)(=O)C1CCCCC1. The Morgan fingerprint density at radius 1 is 1.18 bits per heavy atom. The van der Waals surface area contributed by atoms with Crippen LogP contribution in [-0.2, 0) is 29.5 Å². The fourth-order valence-electron chi connectivity index (χ4n) is 3.96. The largest absolute Gasteiger partial charge is 0.345 e. The van der Waals surface area contributed by atoms with Gasteiger partial charge in [0.25, 0.3) is 0 Å². The number of aromatic nitrogens is 4. The van der Waals surface area contributed by atoms with Gasteiger partial charge in [-0.15, -0.1) is 0 Å². The van der Waals surface area contributed by atoms with Crippen molar-refractivity contribution in [1.29, 1.82) is 0 Å². The predicted molar refractivity (Wildman–Crippen MR) is 110 cm³/mol. The minimum absolute atomic E-state index is 0.269. The Balaban J connectivity index is 1.81. The fraction of sp³-hybridized carbons (Fsp3) is 0.700. The van der Waals surface area contributed by atoms with Gasteiger partial charge in [-0.05, 0) is 33.2 Å². The van der Waals surface area contributed by atoms with Crippen molar-refractivity contribution in [3.8, 4) is 0 Å². The van der Waals surface area contributed by atoms with Gasteiger partial charge < -0.3 is 9.55 Å². The van der Waals surface area contributed by atoms with Crippen molar-refractivity contribution in [2.75, 3.05) is 7.05 Å². The maximum Gasteiger partial charge on any atom is 0.228 e. The molecule has 3 rings (SSSR count). The van der Waals surface area contributed by atoms with Crippen LogP contribution in [0.5, 0.6) is 0 Å². The normalized spacial score (nSPS) is 16.1. The first-order valence-electron chi connectivity index (χ1n) is 10.4. The molecular formula is C20H33N5O2S. The van der Waals surface area contributed by atoms with Crippen LogP contribution in [-0.4, -0.2) is 45.1 Å². The Kier molecular flexibility index (Phi) is 6.93. The molecule has 1 aliphatic carbocycles. The van der Waals surface area contributed by atoms with Crippen molar-refractivity contribution < 1.29 is 8.42 Å². The zero-order valence-corrected chi connectivity index (χ0v) is 18.1. The van der Waals surface area contributed by atoms with E-state index in [1.807, 2.05) is 24.7 Å². The molecule has 0 bridgehead atoms. The molecule has 0 aliphatic heterocycles. The Hall–Kier alpha value is -1.67. The van der Waals surface area contributed by atoms with Crippen LogP contribution in [0, 0.1) is 6.92 Å². The average molecular weight is 408 g/mol. The molecule has 2 aromatic heterocycles. The van der Waals surface area contributed by atoms with E-state index in [-0.39, 0.29) is 10.4 Å². The van der Waals surface area contributed by atoms with Crippen molar-refractivity contribution >= 4 is 9.84 Å². The van der Waals surface area contributed by atoms with Gasteiger partial charge in [0.1, 0.15) is 5.82 Å². The minimum Gasteiger partial charge on any atom is -0.345 e. The number of imidazole rings is 2. The van der Waals surface area contributed by atoms with Crippen molar-refractivity contribution in [3.63, 3.8) is 0 Å². The molecule has 7 nitrogen and oxygen atoms in total. The summed E-state index contributed by atoms with van der Waals surface area (Å²) in [6, 6.07) is 0. The number of nitrogens with zero attached hydrogens (tertiary/aromatic N) is 4. The number of sulfone groups is 1. The molecule has 2 aromatic rings. The molecule has 0 radical (unpaired) electrons. The number of H-pyrrole nitrogens is 1. The summed E-state index contributed by atoms with van der Waals surface area (Å²) in [5.74, 6) is 0.912. The van der Waals surface area contributed by atoms with Crippen LogP contribution in [0.2, 0.25) is 0 Å². The van der Waals surface area contributed by atoms with Crippen molar-refractivity contribution in [1.82, 2.24) is 24.4 Å². The van der Waals surface area contributed by atoms with Gasteiger partial charge in [-0.3, -0.25) is 4.90 Å². The van der Waals surface area contributed by atoms with E-state index in [9.17, 15) is 8.42 Å². The number of unbranched alkanes of at least 4 members (excludes halogenated alkanes) is 1. The van der Waals surface area contributed by atoms with Crippen LogP contribution >= 0.6 is 0 Å². The maximum atomic E-state index is 13.3. The molecule has 1 aliphatic rings. The van der Waals surface area contributed by atoms with Crippen LogP contribution in [0.3, 0.4) is 0 Å². The van der Waals surface area contributed by atoms with E-state index >= 15 is 0 Å². The van der Waals surface area contributed by atoms with E-state index < -0.39 is 9.84 Å². The van der Waals surface area contributed by atoms with Crippen molar-refractivity contribution in [3.05, 3.63) is 29.6 Å². The van der Waals surface area contributed by atoms with E-state index in [0.29, 0.717) is 19.6 Å². The molecule has 28 heavy (non-hydrogen) atoms. The molecule has 0 spiro atoms. The molecule has 1 N–H and O–H groups in total. The predicted octanol–water partition coefficient (Wildman–Crippen LogP) is 3.45. The Morgan fingerprint density at radius 2 is 1.93 bits per heavy atom. The second kappa shape index (κ2) is 9.22. The van der Waals surface area contributed by atoms with Gasteiger partial charge in [0.15, 0.2) is 0 Å². The molecule has 2 heterocycles. The highest BCUT2D eigenvalue weighted by Crippen LogP contribution is 2.29. The summed E-state index contributed by atoms with van der Waals surface area (Å²) >= 11 is 0. The first-order valence-corrected chi connectivity index (χ1v) is 11.9. The number of hydrogen-bond acceptors (Lipinski definition) is 5. The second-order valence-corrected chi connectivity index (χ2v) is 10.1. The molecule has 0 unspecified atom stereocenters. The topological polar surface area (TPSA) is 83.9 Å². The summed E-state index contributed by atoms with van der Waals surface area (Å²) in [6.07, 6.45) is 10.2. The highest BCUT2D eigenvalue weighted by molar-refractivity contribution is 7.91. The number of hydrogen-bond donors (Lipinski definition) is 1. The summed E-state index contributed by atoms with van der Waals surface area (Å²) in [4.78, 5) is 14.1. The molecule has 8 heteroatoms. The molecule has 0 aromatic carbocycles. The Morgan fingerprint density at radius 3 is 2.57 bits per heavy atom. The maximum absolute atomic E-state index is 13.3. The summed E-state index contributed by atoms with van der Waals surface area (Å²) in [5.41, 5.74) is 1.99. The van der Waals surface area contributed by atoms with Crippen molar-refractivity contribution in [2.24, 2.45) is 0 Å². The second-order valence-electron chi connectivity index (χ2n) is 8.03. The lowest BCUT2D eigenvalue weighted by Crippen LogP contribution is -2.28. The third kappa shape index (κ3) is 4.84. The van der Waals surface area contributed by atoms with Gasteiger partial charge >= 0.3 is 0 Å². The molecule has 0 amide bonds. The quantitative estimate of drug-likeness (QED) is 0.688. The van der Waals surface area contributed by atoms with Crippen LogP contribution in [0.15, 0.2) is 17.6 Å². The number of aryl methyl sites for hydroxylation is 1. The van der Waals surface area contributed by atoms with Crippen LogP contribution in [0.25, 0.3) is 0 Å². The highest BCUT2D eigenvalue weighted by Gasteiger charge is 2.33. The summed E-state index contributed by atoms with van der Waals surface area (Å²) in [6.45, 7) is 6.12. The lowest BCUT2D eigenvalue weighted by molar-refractivity contribution is 0.300. The average Bonchev–Trinajstić information content (AvgIpc) is 3.27. The Labute approximate surface area is 168 Å². The monoisotopic (exact) mass is 407 g/mol. The zero-order valence-electron chi connectivity index (χ0n) is 17.3. The number of rotatable bonds is 9. The number of aromatic amines is 1. The van der Waals surface area contributed by atoms with E-state index in [0.717, 1.165) is 62.2 Å². The third-order valence-corrected chi connectivity index (χ3v) is 7.67. The van der Waals surface area contributed by atoms with Gasteiger partial charge in [0.05, 0.1) is 23.7 Å². The van der Waals surface area contributed by atoms with Crippen molar-refractivity contribution in [2.45, 2.75) is 88.8 Å². The third-order valence-electron chi connectivity index (χ3n) is 5.49. The lowest BCUT2D eigenvalue weighted by atomic mass is 10.0. The smallest absolute Gasteiger partial charge is 0.228 e. The van der Waals surface area contributed by atoms with Gasteiger partial charge in [0.2, 0.25) is 15.0 Å². The zero-order chi connectivity index (χ0) is 20.1. The fourth-order valence-corrected chi connectivity index (χ4v) is 5.93. The summed E-state index contributed by atoms with van der Waals surface area (Å²) in [5, 5.41) is -0.00852. The van der Waals surface area contributed by atoms with E-state index in [1.54, 1.807) is 6.20 Å². The molecule has 156 valence electrons. The van der Waals surface area contributed by atoms with Crippen LogP contribution in [0.1, 0.15) is 69.1 Å². The standard InChI is InChI=1S/C20H33N5O2S/c1-4-5-11-25-17(14-24(3)15-19-21-12-16(2)23-19)13-22-20(25)28(26,27)18-9-7-6-8-10-18/h12-13,18H,4-11,14-15H2,1-3H3,(H,21,23). The Bertz CT molecular complexity index is 865. The molecule has 1 fully saturated rings. The summed E-state index contributed by atoms with van der Waals surface area (Å²) in [7, 11) is -1.36. The van der Waals surface area contributed by atoms with Crippen LogP contribution in [0.4, 0.5) is 0 Å². The van der Waals surface area contributed by atoms with Gasteiger partial charge in [-0.25, -0.2) is 18.4 Å².